The molecule has 2 rings (SSSR count). The molecule has 0 bridgehead atoms. The fourth-order valence-electron chi connectivity index (χ4n) is 2.11. The highest BCUT2D eigenvalue weighted by atomic mass is 35.5. The summed E-state index contributed by atoms with van der Waals surface area (Å²) in [6.07, 6.45) is 2.48. The van der Waals surface area contributed by atoms with Gasteiger partial charge in [-0.25, -0.2) is 0 Å². The average molecular weight is 251 g/mol. The number of nitrogens with zero attached hydrogens (tertiary/aromatic N) is 2. The Morgan fingerprint density at radius 3 is 3.06 bits per heavy atom. The van der Waals surface area contributed by atoms with Gasteiger partial charge in [-0.15, -0.1) is 0 Å². The molecule has 1 aliphatic rings. The Balaban J connectivity index is 2.14. The fourth-order valence-corrected chi connectivity index (χ4v) is 2.27. The van der Waals surface area contributed by atoms with Crippen LogP contribution in [0.2, 0.25) is 5.02 Å². The van der Waals surface area contributed by atoms with Crippen LogP contribution in [0.4, 0.5) is 5.69 Å². The largest absolute Gasteiger partial charge is 0.376 e. The number of hydrogen-bond donors (Lipinski definition) is 0. The number of halogens is 1. The predicted octanol–water partition coefficient (Wildman–Crippen LogP) is 2.83. The van der Waals surface area contributed by atoms with Crippen LogP contribution in [0.15, 0.2) is 18.2 Å². The lowest BCUT2D eigenvalue weighted by Gasteiger charge is -2.23. The van der Waals surface area contributed by atoms with Crippen molar-refractivity contribution in [2.75, 3.05) is 25.1 Å². The number of hydrogen-bond acceptors (Lipinski definition) is 3. The molecule has 0 aliphatic carbocycles. The lowest BCUT2D eigenvalue weighted by Crippen LogP contribution is -2.29. The van der Waals surface area contributed by atoms with Crippen molar-refractivity contribution in [3.63, 3.8) is 0 Å². The van der Waals surface area contributed by atoms with Gasteiger partial charge in [-0.3, -0.25) is 0 Å². The fraction of sp³-hybridized carbons (Fsp3) is 0.462. The summed E-state index contributed by atoms with van der Waals surface area (Å²) in [6.45, 7) is 1.65. The third-order valence-electron chi connectivity index (χ3n) is 2.99. The zero-order valence-corrected chi connectivity index (χ0v) is 10.6. The smallest absolute Gasteiger partial charge is 0.101 e. The predicted molar refractivity (Wildman–Crippen MR) is 68.4 cm³/mol. The van der Waals surface area contributed by atoms with E-state index in [4.69, 9.17) is 21.6 Å². The van der Waals surface area contributed by atoms with Crippen LogP contribution in [-0.4, -0.2) is 26.3 Å². The van der Waals surface area contributed by atoms with Gasteiger partial charge in [-0.2, -0.15) is 5.26 Å². The maximum absolute atomic E-state index is 9.07. The molecule has 0 saturated carbocycles. The molecule has 1 aromatic rings. The molecule has 1 aliphatic heterocycles. The molecule has 0 amide bonds. The standard InChI is InChI=1S/C13H15ClN2O/c1-16(9-12-3-2-6-17-12)13-7-11(14)5-4-10(13)8-15/h4-5,7,12H,2-3,6,9H2,1H3. The Bertz CT molecular complexity index is 436. The van der Waals surface area contributed by atoms with Gasteiger partial charge in [0.05, 0.1) is 17.4 Å². The topological polar surface area (TPSA) is 36.3 Å². The van der Waals surface area contributed by atoms with E-state index in [0.29, 0.717) is 10.6 Å². The highest BCUT2D eigenvalue weighted by Crippen LogP contribution is 2.25. The van der Waals surface area contributed by atoms with Crippen LogP contribution in [0.25, 0.3) is 0 Å². The minimum absolute atomic E-state index is 0.269. The molecular formula is C13H15ClN2O. The quantitative estimate of drug-likeness (QED) is 0.828. The van der Waals surface area contributed by atoms with Crippen molar-refractivity contribution < 1.29 is 4.74 Å². The van der Waals surface area contributed by atoms with Crippen LogP contribution in [0.5, 0.6) is 0 Å². The summed E-state index contributed by atoms with van der Waals surface area (Å²) in [5, 5.41) is 9.72. The second kappa shape index (κ2) is 5.39. The summed E-state index contributed by atoms with van der Waals surface area (Å²) in [4.78, 5) is 2.04. The number of nitriles is 1. The molecule has 1 aromatic carbocycles. The number of rotatable bonds is 3. The maximum atomic E-state index is 9.07. The van der Waals surface area contributed by atoms with Gasteiger partial charge in [-0.1, -0.05) is 11.6 Å². The molecule has 0 N–H and O–H groups in total. The van der Waals surface area contributed by atoms with Crippen molar-refractivity contribution in [2.24, 2.45) is 0 Å². The van der Waals surface area contributed by atoms with Crippen LogP contribution >= 0.6 is 11.6 Å². The first-order chi connectivity index (χ1) is 8.20. The Kier molecular flexibility index (Phi) is 3.88. The Labute approximate surface area is 107 Å². The maximum Gasteiger partial charge on any atom is 0.101 e. The lowest BCUT2D eigenvalue weighted by atomic mass is 10.1. The highest BCUT2D eigenvalue weighted by Gasteiger charge is 2.18. The normalized spacial score (nSPS) is 19.0. The van der Waals surface area contributed by atoms with Gasteiger partial charge in [0.2, 0.25) is 0 Å². The van der Waals surface area contributed by atoms with Gasteiger partial charge >= 0.3 is 0 Å². The van der Waals surface area contributed by atoms with Crippen LogP contribution in [0.1, 0.15) is 18.4 Å². The van der Waals surface area contributed by atoms with Crippen LogP contribution in [-0.2, 0) is 4.74 Å². The van der Waals surface area contributed by atoms with E-state index >= 15 is 0 Å². The molecule has 4 heteroatoms. The van der Waals surface area contributed by atoms with Crippen LogP contribution in [0, 0.1) is 11.3 Å². The second-order valence-corrected chi connectivity index (χ2v) is 4.73. The van der Waals surface area contributed by atoms with Crippen molar-refractivity contribution in [3.05, 3.63) is 28.8 Å². The summed E-state index contributed by atoms with van der Waals surface area (Å²) in [5.41, 5.74) is 1.52. The van der Waals surface area contributed by atoms with Crippen molar-refractivity contribution in [3.8, 4) is 6.07 Å². The van der Waals surface area contributed by atoms with E-state index in [1.54, 1.807) is 12.1 Å². The van der Waals surface area contributed by atoms with Gasteiger partial charge in [-0.05, 0) is 31.0 Å². The first kappa shape index (κ1) is 12.2. The van der Waals surface area contributed by atoms with E-state index in [1.807, 2.05) is 18.0 Å². The molecule has 0 radical (unpaired) electrons. The zero-order chi connectivity index (χ0) is 12.3. The zero-order valence-electron chi connectivity index (χ0n) is 9.82. The van der Waals surface area contributed by atoms with Gasteiger partial charge < -0.3 is 9.64 Å². The first-order valence-electron chi connectivity index (χ1n) is 5.73. The van der Waals surface area contributed by atoms with Crippen molar-refractivity contribution in [2.45, 2.75) is 18.9 Å². The van der Waals surface area contributed by atoms with E-state index in [0.717, 1.165) is 31.7 Å². The second-order valence-electron chi connectivity index (χ2n) is 4.29. The molecule has 1 saturated heterocycles. The van der Waals surface area contributed by atoms with Crippen LogP contribution in [0.3, 0.4) is 0 Å². The molecular weight excluding hydrogens is 236 g/mol. The van der Waals surface area contributed by atoms with E-state index < -0.39 is 0 Å². The van der Waals surface area contributed by atoms with Gasteiger partial charge in [0, 0.05) is 25.2 Å². The Morgan fingerprint density at radius 1 is 1.59 bits per heavy atom. The Morgan fingerprint density at radius 2 is 2.41 bits per heavy atom. The SMILES string of the molecule is CN(CC1CCCO1)c1cc(Cl)ccc1C#N. The summed E-state index contributed by atoms with van der Waals surface area (Å²) in [5.74, 6) is 0. The molecule has 90 valence electrons. The summed E-state index contributed by atoms with van der Waals surface area (Å²) < 4.78 is 5.59. The van der Waals surface area contributed by atoms with E-state index in [2.05, 4.69) is 6.07 Å². The van der Waals surface area contributed by atoms with Gasteiger partial charge in [0.15, 0.2) is 0 Å². The van der Waals surface area contributed by atoms with Crippen molar-refractivity contribution >= 4 is 17.3 Å². The average Bonchev–Trinajstić information content (AvgIpc) is 2.81. The first-order valence-corrected chi connectivity index (χ1v) is 6.11. The molecule has 1 heterocycles. The lowest BCUT2D eigenvalue weighted by molar-refractivity contribution is 0.116. The van der Waals surface area contributed by atoms with Crippen molar-refractivity contribution in [1.82, 2.24) is 0 Å². The minimum atomic E-state index is 0.269. The molecule has 1 fully saturated rings. The number of anilines is 1. The molecule has 0 aromatic heterocycles. The highest BCUT2D eigenvalue weighted by molar-refractivity contribution is 6.30. The van der Waals surface area contributed by atoms with E-state index in [-0.39, 0.29) is 6.10 Å². The number of likely N-dealkylation sites (N-methyl/N-ethyl adjacent to an activating group) is 1. The summed E-state index contributed by atoms with van der Waals surface area (Å²) in [7, 11) is 1.97. The van der Waals surface area contributed by atoms with Gasteiger partial charge in [0.25, 0.3) is 0 Å². The molecule has 3 nitrogen and oxygen atoms in total. The van der Waals surface area contributed by atoms with E-state index in [9.17, 15) is 0 Å². The monoisotopic (exact) mass is 250 g/mol. The summed E-state index contributed by atoms with van der Waals surface area (Å²) in [6, 6.07) is 7.51. The summed E-state index contributed by atoms with van der Waals surface area (Å²) >= 11 is 5.97. The number of benzene rings is 1. The van der Waals surface area contributed by atoms with Gasteiger partial charge in [0.1, 0.15) is 6.07 Å². The van der Waals surface area contributed by atoms with E-state index in [1.165, 1.54) is 0 Å². The third kappa shape index (κ3) is 2.91. The van der Waals surface area contributed by atoms with Crippen molar-refractivity contribution in [1.29, 1.82) is 5.26 Å². The molecule has 1 atom stereocenters. The molecule has 0 spiro atoms. The minimum Gasteiger partial charge on any atom is -0.376 e. The number of ether oxygens (including phenoxy) is 1. The molecule has 1 unspecified atom stereocenters. The van der Waals surface area contributed by atoms with Crippen LogP contribution < -0.4 is 4.90 Å². The Hall–Kier alpha value is -1.24. The third-order valence-corrected chi connectivity index (χ3v) is 3.23. The molecule has 17 heavy (non-hydrogen) atoms.